The highest BCUT2D eigenvalue weighted by Crippen LogP contribution is 2.31. The number of hydrogen-bond acceptors (Lipinski definition) is 3. The summed E-state index contributed by atoms with van der Waals surface area (Å²) in [5, 5.41) is 0. The van der Waals surface area contributed by atoms with Crippen molar-refractivity contribution < 1.29 is 0 Å². The first-order valence-corrected chi connectivity index (χ1v) is 10.2. The lowest BCUT2D eigenvalue weighted by atomic mass is 9.85. The first kappa shape index (κ1) is 18.7. The van der Waals surface area contributed by atoms with Crippen molar-refractivity contribution in [2.45, 2.75) is 58.4 Å². The summed E-state index contributed by atoms with van der Waals surface area (Å²) in [5.41, 5.74) is 4.69. The Labute approximate surface area is 155 Å². The van der Waals surface area contributed by atoms with Crippen LogP contribution in [0.5, 0.6) is 0 Å². The van der Waals surface area contributed by atoms with E-state index in [2.05, 4.69) is 67.6 Å². The molecule has 2 fully saturated rings. The Bertz CT molecular complexity index is 559. The molecule has 1 aromatic rings. The van der Waals surface area contributed by atoms with Gasteiger partial charge in [-0.2, -0.15) is 0 Å². The van der Waals surface area contributed by atoms with Gasteiger partial charge < -0.3 is 9.80 Å². The van der Waals surface area contributed by atoms with Crippen molar-refractivity contribution in [3.8, 4) is 0 Å². The Morgan fingerprint density at radius 3 is 2.16 bits per heavy atom. The van der Waals surface area contributed by atoms with Gasteiger partial charge in [-0.3, -0.25) is 4.90 Å². The Kier molecular flexibility index (Phi) is 5.75. The molecule has 140 valence electrons. The number of piperazine rings is 1. The van der Waals surface area contributed by atoms with Crippen LogP contribution >= 0.6 is 0 Å². The Hall–Kier alpha value is -1.06. The van der Waals surface area contributed by atoms with Crippen LogP contribution in [0.15, 0.2) is 18.2 Å². The van der Waals surface area contributed by atoms with E-state index in [1.54, 1.807) is 0 Å². The maximum atomic E-state index is 2.74. The summed E-state index contributed by atoms with van der Waals surface area (Å²) in [7, 11) is 2.24. The molecule has 3 heteroatoms. The van der Waals surface area contributed by atoms with Crippen LogP contribution < -0.4 is 4.90 Å². The quantitative estimate of drug-likeness (QED) is 0.827. The van der Waals surface area contributed by atoms with E-state index in [0.717, 1.165) is 12.5 Å². The largest absolute Gasteiger partial charge is 0.371 e. The molecule has 0 aromatic heterocycles. The lowest BCUT2D eigenvalue weighted by Gasteiger charge is -2.43. The number of nitrogens with zero attached hydrogens (tertiary/aromatic N) is 3. The molecule has 0 unspecified atom stereocenters. The summed E-state index contributed by atoms with van der Waals surface area (Å²) in [5.74, 6) is 0. The molecule has 0 N–H and O–H groups in total. The van der Waals surface area contributed by atoms with E-state index < -0.39 is 0 Å². The number of benzene rings is 1. The zero-order valence-corrected chi connectivity index (χ0v) is 17.0. The average molecular weight is 344 g/mol. The third-order valence-corrected chi connectivity index (χ3v) is 6.19. The van der Waals surface area contributed by atoms with Crippen molar-refractivity contribution >= 4 is 5.69 Å². The van der Waals surface area contributed by atoms with Crippen LogP contribution in [0.25, 0.3) is 0 Å². The second-order valence-electron chi connectivity index (χ2n) is 9.00. The van der Waals surface area contributed by atoms with Crippen LogP contribution in [0.2, 0.25) is 0 Å². The van der Waals surface area contributed by atoms with E-state index in [1.807, 2.05) is 0 Å². The standard InChI is InChI=1S/C22H37N3/c1-6-18-17-19(22(2,3)4)7-8-21(18)25-11-9-20(10-12-25)24-15-13-23(5)14-16-24/h7-8,17,20H,6,9-16H2,1-5H3. The van der Waals surface area contributed by atoms with Gasteiger partial charge >= 0.3 is 0 Å². The lowest BCUT2D eigenvalue weighted by molar-refractivity contribution is 0.0982. The average Bonchev–Trinajstić information content (AvgIpc) is 2.61. The summed E-state index contributed by atoms with van der Waals surface area (Å²) in [4.78, 5) is 7.83. The number of hydrogen-bond donors (Lipinski definition) is 0. The Balaban J connectivity index is 1.64. The molecular weight excluding hydrogens is 306 g/mol. The third kappa shape index (κ3) is 4.38. The first-order chi connectivity index (χ1) is 11.9. The van der Waals surface area contributed by atoms with E-state index in [-0.39, 0.29) is 5.41 Å². The van der Waals surface area contributed by atoms with Crippen molar-refractivity contribution in [1.29, 1.82) is 0 Å². The summed E-state index contributed by atoms with van der Waals surface area (Å²) < 4.78 is 0. The molecule has 2 heterocycles. The molecule has 2 aliphatic heterocycles. The summed E-state index contributed by atoms with van der Waals surface area (Å²) in [6.07, 6.45) is 3.75. The molecule has 0 atom stereocenters. The summed E-state index contributed by atoms with van der Waals surface area (Å²) in [6, 6.07) is 7.97. The molecule has 0 saturated carbocycles. The van der Waals surface area contributed by atoms with Crippen LogP contribution in [0.4, 0.5) is 5.69 Å². The van der Waals surface area contributed by atoms with Crippen LogP contribution in [0.3, 0.4) is 0 Å². The lowest BCUT2D eigenvalue weighted by Crippen LogP contribution is -2.52. The third-order valence-electron chi connectivity index (χ3n) is 6.19. The fourth-order valence-corrected chi connectivity index (χ4v) is 4.30. The molecule has 0 radical (unpaired) electrons. The zero-order chi connectivity index (χ0) is 18.0. The van der Waals surface area contributed by atoms with E-state index >= 15 is 0 Å². The number of aryl methyl sites for hydroxylation is 1. The first-order valence-electron chi connectivity index (χ1n) is 10.2. The van der Waals surface area contributed by atoms with E-state index in [4.69, 9.17) is 0 Å². The number of rotatable bonds is 3. The van der Waals surface area contributed by atoms with Gasteiger partial charge in [0, 0.05) is 51.0 Å². The Morgan fingerprint density at radius 1 is 0.960 bits per heavy atom. The minimum Gasteiger partial charge on any atom is -0.371 e. The number of anilines is 1. The van der Waals surface area contributed by atoms with Crippen LogP contribution in [0.1, 0.15) is 51.7 Å². The van der Waals surface area contributed by atoms with Gasteiger partial charge in [0.25, 0.3) is 0 Å². The second-order valence-corrected chi connectivity index (χ2v) is 9.00. The highest BCUT2D eigenvalue weighted by molar-refractivity contribution is 5.56. The molecule has 0 amide bonds. The molecule has 25 heavy (non-hydrogen) atoms. The predicted octanol–water partition coefficient (Wildman–Crippen LogP) is 3.76. The van der Waals surface area contributed by atoms with Gasteiger partial charge in [0.1, 0.15) is 0 Å². The van der Waals surface area contributed by atoms with Crippen LogP contribution in [-0.2, 0) is 11.8 Å². The highest BCUT2D eigenvalue weighted by Gasteiger charge is 2.27. The molecule has 0 bridgehead atoms. The molecule has 1 aromatic carbocycles. The summed E-state index contributed by atoms with van der Waals surface area (Å²) >= 11 is 0. The maximum Gasteiger partial charge on any atom is 0.0398 e. The molecule has 0 spiro atoms. The predicted molar refractivity (Wildman–Crippen MR) is 109 cm³/mol. The maximum absolute atomic E-state index is 2.74. The monoisotopic (exact) mass is 343 g/mol. The van der Waals surface area contributed by atoms with Gasteiger partial charge in [-0.05, 0) is 48.9 Å². The van der Waals surface area contributed by atoms with Gasteiger partial charge in [-0.25, -0.2) is 0 Å². The molecular formula is C22H37N3. The molecule has 2 saturated heterocycles. The van der Waals surface area contributed by atoms with Crippen molar-refractivity contribution in [3.63, 3.8) is 0 Å². The fraction of sp³-hybridized carbons (Fsp3) is 0.727. The SMILES string of the molecule is CCc1cc(C(C)(C)C)ccc1N1CCC(N2CCN(C)CC2)CC1. The van der Waals surface area contributed by atoms with Gasteiger partial charge in [0.15, 0.2) is 0 Å². The highest BCUT2D eigenvalue weighted by atomic mass is 15.3. The zero-order valence-electron chi connectivity index (χ0n) is 17.0. The van der Waals surface area contributed by atoms with Crippen molar-refractivity contribution in [2.24, 2.45) is 0 Å². The van der Waals surface area contributed by atoms with Gasteiger partial charge in [-0.15, -0.1) is 0 Å². The van der Waals surface area contributed by atoms with Crippen molar-refractivity contribution in [3.05, 3.63) is 29.3 Å². The van der Waals surface area contributed by atoms with Gasteiger partial charge in [0.05, 0.1) is 0 Å². The van der Waals surface area contributed by atoms with E-state index in [9.17, 15) is 0 Å². The van der Waals surface area contributed by atoms with Crippen LogP contribution in [-0.4, -0.2) is 62.2 Å². The summed E-state index contributed by atoms with van der Waals surface area (Å²) in [6.45, 7) is 16.6. The second kappa shape index (κ2) is 7.67. The topological polar surface area (TPSA) is 9.72 Å². The minimum atomic E-state index is 0.233. The van der Waals surface area contributed by atoms with E-state index in [0.29, 0.717) is 0 Å². The number of likely N-dealkylation sites (N-methyl/N-ethyl adjacent to an activating group) is 1. The molecule has 2 aliphatic rings. The van der Waals surface area contributed by atoms with Gasteiger partial charge in [0.2, 0.25) is 0 Å². The van der Waals surface area contributed by atoms with Crippen molar-refractivity contribution in [1.82, 2.24) is 9.80 Å². The normalized spacial score (nSPS) is 21.7. The molecule has 3 nitrogen and oxygen atoms in total. The number of piperidine rings is 1. The minimum absolute atomic E-state index is 0.233. The van der Waals surface area contributed by atoms with Crippen LogP contribution in [0, 0.1) is 0 Å². The smallest absolute Gasteiger partial charge is 0.0398 e. The fourth-order valence-electron chi connectivity index (χ4n) is 4.30. The molecule has 0 aliphatic carbocycles. The van der Waals surface area contributed by atoms with E-state index in [1.165, 1.54) is 68.9 Å². The van der Waals surface area contributed by atoms with Gasteiger partial charge in [-0.1, -0.05) is 39.8 Å². The molecule has 3 rings (SSSR count). The Morgan fingerprint density at radius 2 is 1.60 bits per heavy atom. The van der Waals surface area contributed by atoms with Crippen molar-refractivity contribution in [2.75, 3.05) is 51.2 Å².